The molecule has 0 amide bonds. The quantitative estimate of drug-likeness (QED) is 0.773. The maximum Gasteiger partial charge on any atom is 0.123 e. The van der Waals surface area contributed by atoms with E-state index >= 15 is 0 Å². The first kappa shape index (κ1) is 11.6. The maximum absolute atomic E-state index is 13.1. The molecule has 0 bridgehead atoms. The molecule has 2 aromatic carbocycles. The summed E-state index contributed by atoms with van der Waals surface area (Å²) in [5.74, 6) is 0.590. The smallest absolute Gasteiger partial charge is 0.123 e. The molecule has 2 heteroatoms. The lowest BCUT2D eigenvalue weighted by Gasteiger charge is -2.09. The van der Waals surface area contributed by atoms with Gasteiger partial charge in [-0.1, -0.05) is 18.2 Å². The minimum Gasteiger partial charge on any atom is -0.489 e. The van der Waals surface area contributed by atoms with Crippen LogP contribution in [0.1, 0.15) is 16.7 Å². The van der Waals surface area contributed by atoms with E-state index in [0.29, 0.717) is 6.61 Å². The van der Waals surface area contributed by atoms with Crippen LogP contribution in [0.5, 0.6) is 5.75 Å². The van der Waals surface area contributed by atoms with E-state index in [4.69, 9.17) is 4.74 Å². The Labute approximate surface area is 101 Å². The van der Waals surface area contributed by atoms with Gasteiger partial charge in [-0.05, 0) is 54.8 Å². The Morgan fingerprint density at radius 2 is 1.88 bits per heavy atom. The summed E-state index contributed by atoms with van der Waals surface area (Å²) in [6.07, 6.45) is 0. The van der Waals surface area contributed by atoms with Crippen LogP contribution in [0.4, 0.5) is 4.39 Å². The molecule has 0 aliphatic rings. The number of rotatable bonds is 3. The summed E-state index contributed by atoms with van der Waals surface area (Å²) in [7, 11) is 0. The fourth-order valence-electron chi connectivity index (χ4n) is 1.66. The first-order valence-corrected chi connectivity index (χ1v) is 5.59. The van der Waals surface area contributed by atoms with Crippen molar-refractivity contribution >= 4 is 0 Å². The summed E-state index contributed by atoms with van der Waals surface area (Å²) in [6, 6.07) is 12.6. The van der Waals surface area contributed by atoms with Gasteiger partial charge in [-0.3, -0.25) is 0 Å². The lowest BCUT2D eigenvalue weighted by Crippen LogP contribution is -1.98. The predicted molar refractivity (Wildman–Crippen MR) is 66.6 cm³/mol. The van der Waals surface area contributed by atoms with E-state index in [1.165, 1.54) is 12.1 Å². The Morgan fingerprint density at radius 1 is 1.06 bits per heavy atom. The van der Waals surface area contributed by atoms with E-state index in [2.05, 4.69) is 0 Å². The van der Waals surface area contributed by atoms with Gasteiger partial charge in [0.05, 0.1) is 0 Å². The van der Waals surface area contributed by atoms with Gasteiger partial charge in [0, 0.05) is 0 Å². The number of hydrogen-bond acceptors (Lipinski definition) is 1. The number of benzene rings is 2. The van der Waals surface area contributed by atoms with Crippen molar-refractivity contribution in [1.82, 2.24) is 0 Å². The highest BCUT2D eigenvalue weighted by molar-refractivity contribution is 5.29. The van der Waals surface area contributed by atoms with Gasteiger partial charge in [0.1, 0.15) is 18.2 Å². The highest BCUT2D eigenvalue weighted by Crippen LogP contribution is 2.16. The van der Waals surface area contributed by atoms with Gasteiger partial charge in [0.25, 0.3) is 0 Å². The molecule has 0 aliphatic heterocycles. The van der Waals surface area contributed by atoms with Crippen LogP contribution < -0.4 is 4.74 Å². The van der Waals surface area contributed by atoms with Crippen LogP contribution in [0.15, 0.2) is 42.5 Å². The van der Waals surface area contributed by atoms with Gasteiger partial charge in [-0.25, -0.2) is 4.39 Å². The highest BCUT2D eigenvalue weighted by Gasteiger charge is 2.01. The molecular formula is C15H15FO. The molecule has 0 N–H and O–H groups in total. The lowest BCUT2D eigenvalue weighted by molar-refractivity contribution is 0.304. The third kappa shape index (κ3) is 3.06. The van der Waals surface area contributed by atoms with Crippen molar-refractivity contribution < 1.29 is 9.13 Å². The second-order valence-corrected chi connectivity index (χ2v) is 4.18. The molecule has 0 fully saturated rings. The summed E-state index contributed by atoms with van der Waals surface area (Å²) in [6.45, 7) is 4.36. The summed E-state index contributed by atoms with van der Waals surface area (Å²) >= 11 is 0. The Kier molecular flexibility index (Phi) is 3.43. The third-order valence-electron chi connectivity index (χ3n) is 2.70. The highest BCUT2D eigenvalue weighted by atomic mass is 19.1. The molecule has 0 saturated heterocycles. The number of ether oxygens (including phenoxy) is 1. The molecule has 2 rings (SSSR count). The fourth-order valence-corrected chi connectivity index (χ4v) is 1.66. The minimum absolute atomic E-state index is 0.224. The van der Waals surface area contributed by atoms with Crippen LogP contribution in [0, 0.1) is 19.7 Å². The van der Waals surface area contributed by atoms with Crippen molar-refractivity contribution in [2.75, 3.05) is 0 Å². The topological polar surface area (TPSA) is 9.23 Å². The molecular weight excluding hydrogens is 215 g/mol. The Bertz CT molecular complexity index is 520. The Morgan fingerprint density at radius 3 is 2.65 bits per heavy atom. The number of aryl methyl sites for hydroxylation is 2. The van der Waals surface area contributed by atoms with Gasteiger partial charge in [0.15, 0.2) is 0 Å². The standard InChI is InChI=1S/C15H15FO/c1-11-4-3-5-15(8-11)17-10-13-9-14(16)7-6-12(13)2/h3-9H,10H2,1-2H3. The molecule has 0 atom stereocenters. The predicted octanol–water partition coefficient (Wildman–Crippen LogP) is 4.02. The van der Waals surface area contributed by atoms with Crippen molar-refractivity contribution in [3.63, 3.8) is 0 Å². The van der Waals surface area contributed by atoms with Crippen LogP contribution in [0.3, 0.4) is 0 Å². The monoisotopic (exact) mass is 230 g/mol. The molecule has 0 saturated carbocycles. The summed E-state index contributed by atoms with van der Waals surface area (Å²) in [5, 5.41) is 0. The lowest BCUT2D eigenvalue weighted by atomic mass is 10.1. The maximum atomic E-state index is 13.1. The average Bonchev–Trinajstić information content (AvgIpc) is 2.30. The van der Waals surface area contributed by atoms with Gasteiger partial charge in [-0.2, -0.15) is 0 Å². The number of hydrogen-bond donors (Lipinski definition) is 0. The molecule has 2 aromatic rings. The molecule has 0 aliphatic carbocycles. The van der Waals surface area contributed by atoms with Crippen LogP contribution in [0.2, 0.25) is 0 Å². The molecule has 0 spiro atoms. The second-order valence-electron chi connectivity index (χ2n) is 4.18. The van der Waals surface area contributed by atoms with Gasteiger partial charge < -0.3 is 4.74 Å². The molecule has 0 radical (unpaired) electrons. The Balaban J connectivity index is 2.09. The SMILES string of the molecule is Cc1cccc(OCc2cc(F)ccc2C)c1. The van der Waals surface area contributed by atoms with Crippen LogP contribution >= 0.6 is 0 Å². The van der Waals surface area contributed by atoms with Crippen LogP contribution in [-0.4, -0.2) is 0 Å². The third-order valence-corrected chi connectivity index (χ3v) is 2.70. The summed E-state index contributed by atoms with van der Waals surface area (Å²) in [4.78, 5) is 0. The zero-order chi connectivity index (χ0) is 12.3. The molecule has 88 valence electrons. The molecule has 0 unspecified atom stereocenters. The van der Waals surface area contributed by atoms with E-state index in [0.717, 1.165) is 22.4 Å². The fraction of sp³-hybridized carbons (Fsp3) is 0.200. The summed E-state index contributed by atoms with van der Waals surface area (Å²) in [5.41, 5.74) is 3.07. The normalized spacial score (nSPS) is 10.3. The molecule has 0 aromatic heterocycles. The zero-order valence-electron chi connectivity index (χ0n) is 10.0. The first-order valence-electron chi connectivity index (χ1n) is 5.59. The van der Waals surface area contributed by atoms with Crippen LogP contribution in [-0.2, 0) is 6.61 Å². The minimum atomic E-state index is -0.224. The van der Waals surface area contributed by atoms with Crippen molar-refractivity contribution in [2.24, 2.45) is 0 Å². The first-order chi connectivity index (χ1) is 8.15. The van der Waals surface area contributed by atoms with E-state index < -0.39 is 0 Å². The molecule has 1 nitrogen and oxygen atoms in total. The average molecular weight is 230 g/mol. The van der Waals surface area contributed by atoms with Crippen molar-refractivity contribution in [2.45, 2.75) is 20.5 Å². The van der Waals surface area contributed by atoms with E-state index in [1.54, 1.807) is 6.07 Å². The second kappa shape index (κ2) is 5.00. The zero-order valence-corrected chi connectivity index (χ0v) is 10.0. The van der Waals surface area contributed by atoms with Crippen molar-refractivity contribution in [1.29, 1.82) is 0 Å². The van der Waals surface area contributed by atoms with E-state index in [9.17, 15) is 4.39 Å². The van der Waals surface area contributed by atoms with E-state index in [1.807, 2.05) is 38.1 Å². The van der Waals surface area contributed by atoms with Crippen molar-refractivity contribution in [3.05, 3.63) is 65.0 Å². The largest absolute Gasteiger partial charge is 0.489 e. The molecule has 0 heterocycles. The van der Waals surface area contributed by atoms with Crippen LogP contribution in [0.25, 0.3) is 0 Å². The van der Waals surface area contributed by atoms with Gasteiger partial charge in [-0.15, -0.1) is 0 Å². The number of halogens is 1. The molecule has 17 heavy (non-hydrogen) atoms. The summed E-state index contributed by atoms with van der Waals surface area (Å²) < 4.78 is 18.7. The Hall–Kier alpha value is -1.83. The van der Waals surface area contributed by atoms with E-state index in [-0.39, 0.29) is 5.82 Å². The van der Waals surface area contributed by atoms with Crippen molar-refractivity contribution in [3.8, 4) is 5.75 Å². The van der Waals surface area contributed by atoms with Gasteiger partial charge >= 0.3 is 0 Å². The van der Waals surface area contributed by atoms with Gasteiger partial charge in [0.2, 0.25) is 0 Å².